The number of anilines is 1. The van der Waals surface area contributed by atoms with E-state index in [9.17, 15) is 5.11 Å². The predicted octanol–water partition coefficient (Wildman–Crippen LogP) is 3.05. The zero-order valence-corrected chi connectivity index (χ0v) is 13.0. The van der Waals surface area contributed by atoms with Gasteiger partial charge >= 0.3 is 0 Å². The molecule has 0 amide bonds. The van der Waals surface area contributed by atoms with E-state index in [1.807, 2.05) is 12.1 Å². The Morgan fingerprint density at radius 1 is 1.26 bits per heavy atom. The number of halogens is 1. The molecule has 0 bridgehead atoms. The minimum atomic E-state index is 0.141. The molecule has 0 aliphatic carbocycles. The Balaban J connectivity index is 3.06. The first kappa shape index (κ1) is 16.3. The summed E-state index contributed by atoms with van der Waals surface area (Å²) in [6, 6.07) is 6.68. The van der Waals surface area contributed by atoms with Crippen molar-refractivity contribution in [3.63, 3.8) is 0 Å². The Kier molecular flexibility index (Phi) is 6.63. The van der Waals surface area contributed by atoms with Gasteiger partial charge in [0.15, 0.2) is 0 Å². The van der Waals surface area contributed by atoms with Gasteiger partial charge in [-0.2, -0.15) is 0 Å². The maximum absolute atomic E-state index is 9.23. The van der Waals surface area contributed by atoms with Crippen LogP contribution in [0.15, 0.2) is 18.2 Å². The van der Waals surface area contributed by atoms with Crippen LogP contribution in [-0.4, -0.2) is 30.3 Å². The van der Waals surface area contributed by atoms with Gasteiger partial charge in [-0.05, 0) is 26.0 Å². The van der Waals surface area contributed by atoms with Crippen LogP contribution >= 0.6 is 11.6 Å². The van der Waals surface area contributed by atoms with Gasteiger partial charge in [0.2, 0.25) is 0 Å². The van der Waals surface area contributed by atoms with Gasteiger partial charge in [0.05, 0.1) is 6.61 Å². The molecule has 0 unspecified atom stereocenters. The third kappa shape index (κ3) is 4.68. The predicted molar refractivity (Wildman–Crippen MR) is 83.0 cm³/mol. The Morgan fingerprint density at radius 2 is 1.95 bits per heavy atom. The lowest BCUT2D eigenvalue weighted by atomic mass is 10.1. The molecule has 108 valence electrons. The summed E-state index contributed by atoms with van der Waals surface area (Å²) in [6.07, 6.45) is 0. The SMILES string of the molecule is CC(C)NCc1c(Cl)cccc1N(CCO)C(C)C. The van der Waals surface area contributed by atoms with E-state index in [1.54, 1.807) is 0 Å². The van der Waals surface area contributed by atoms with Crippen molar-refractivity contribution in [1.29, 1.82) is 0 Å². The Morgan fingerprint density at radius 3 is 2.47 bits per heavy atom. The highest BCUT2D eigenvalue weighted by Gasteiger charge is 2.16. The van der Waals surface area contributed by atoms with Crippen LogP contribution in [-0.2, 0) is 6.54 Å². The summed E-state index contributed by atoms with van der Waals surface area (Å²) in [7, 11) is 0. The Hall–Kier alpha value is -0.770. The van der Waals surface area contributed by atoms with Crippen molar-refractivity contribution < 1.29 is 5.11 Å². The Labute approximate surface area is 121 Å². The van der Waals surface area contributed by atoms with Crippen molar-refractivity contribution in [2.45, 2.75) is 46.3 Å². The number of benzene rings is 1. The monoisotopic (exact) mass is 284 g/mol. The molecule has 0 aromatic heterocycles. The van der Waals surface area contributed by atoms with E-state index >= 15 is 0 Å². The number of rotatable bonds is 7. The Bertz CT molecular complexity index is 394. The van der Waals surface area contributed by atoms with Crippen LogP contribution in [0.25, 0.3) is 0 Å². The van der Waals surface area contributed by atoms with Gasteiger partial charge in [-0.1, -0.05) is 31.5 Å². The van der Waals surface area contributed by atoms with E-state index in [2.05, 4.69) is 44.0 Å². The maximum Gasteiger partial charge on any atom is 0.0606 e. The summed E-state index contributed by atoms with van der Waals surface area (Å²) >= 11 is 6.33. The number of aliphatic hydroxyl groups is 1. The summed E-state index contributed by atoms with van der Waals surface area (Å²) in [5.41, 5.74) is 2.20. The van der Waals surface area contributed by atoms with Gasteiger partial charge in [-0.3, -0.25) is 0 Å². The standard InChI is InChI=1S/C15H25ClN2O/c1-11(2)17-10-13-14(16)6-5-7-15(13)18(8-9-19)12(3)4/h5-7,11-12,17,19H,8-10H2,1-4H3. The third-order valence-corrected chi connectivity index (χ3v) is 3.41. The van der Waals surface area contributed by atoms with E-state index in [-0.39, 0.29) is 6.61 Å². The topological polar surface area (TPSA) is 35.5 Å². The lowest BCUT2D eigenvalue weighted by Gasteiger charge is -2.31. The fraction of sp³-hybridized carbons (Fsp3) is 0.600. The van der Waals surface area contributed by atoms with Crippen LogP contribution in [0.2, 0.25) is 5.02 Å². The smallest absolute Gasteiger partial charge is 0.0606 e. The van der Waals surface area contributed by atoms with E-state index in [0.29, 0.717) is 18.6 Å². The van der Waals surface area contributed by atoms with Crippen molar-refractivity contribution in [2.75, 3.05) is 18.1 Å². The molecule has 0 heterocycles. The molecule has 0 saturated heterocycles. The highest BCUT2D eigenvalue weighted by atomic mass is 35.5. The summed E-state index contributed by atoms with van der Waals surface area (Å²) in [5, 5.41) is 13.4. The molecule has 0 aliphatic rings. The van der Waals surface area contributed by atoms with Crippen LogP contribution in [0, 0.1) is 0 Å². The number of aliphatic hydroxyl groups excluding tert-OH is 1. The molecule has 19 heavy (non-hydrogen) atoms. The number of hydrogen-bond donors (Lipinski definition) is 2. The summed E-state index contributed by atoms with van der Waals surface area (Å²) < 4.78 is 0. The van der Waals surface area contributed by atoms with Crippen molar-refractivity contribution >= 4 is 17.3 Å². The second kappa shape index (κ2) is 7.73. The third-order valence-electron chi connectivity index (χ3n) is 3.05. The molecule has 3 nitrogen and oxygen atoms in total. The quantitative estimate of drug-likeness (QED) is 0.808. The second-order valence-corrected chi connectivity index (χ2v) is 5.69. The molecule has 1 aromatic carbocycles. The summed E-state index contributed by atoms with van der Waals surface area (Å²) in [5.74, 6) is 0. The van der Waals surface area contributed by atoms with Gasteiger partial charge < -0.3 is 15.3 Å². The lowest BCUT2D eigenvalue weighted by Crippen LogP contribution is -2.35. The van der Waals surface area contributed by atoms with Gasteiger partial charge in [0.1, 0.15) is 0 Å². The average molecular weight is 285 g/mol. The molecule has 1 rings (SSSR count). The van der Waals surface area contributed by atoms with Crippen LogP contribution in [0.4, 0.5) is 5.69 Å². The minimum absolute atomic E-state index is 0.141. The molecule has 0 atom stereocenters. The van der Waals surface area contributed by atoms with E-state index in [4.69, 9.17) is 11.6 Å². The van der Waals surface area contributed by atoms with E-state index < -0.39 is 0 Å². The average Bonchev–Trinajstić information content (AvgIpc) is 2.33. The fourth-order valence-corrected chi connectivity index (χ4v) is 2.30. The first-order valence-electron chi connectivity index (χ1n) is 6.85. The van der Waals surface area contributed by atoms with Crippen molar-refractivity contribution in [3.05, 3.63) is 28.8 Å². The molecule has 1 aromatic rings. The fourth-order valence-electron chi connectivity index (χ4n) is 2.06. The molecular weight excluding hydrogens is 260 g/mol. The van der Waals surface area contributed by atoms with Crippen LogP contribution < -0.4 is 10.2 Å². The minimum Gasteiger partial charge on any atom is -0.395 e. The largest absolute Gasteiger partial charge is 0.395 e. The molecule has 0 fully saturated rings. The highest BCUT2D eigenvalue weighted by Crippen LogP contribution is 2.28. The first-order chi connectivity index (χ1) is 8.97. The maximum atomic E-state index is 9.23. The summed E-state index contributed by atoms with van der Waals surface area (Å²) in [4.78, 5) is 2.18. The lowest BCUT2D eigenvalue weighted by molar-refractivity contribution is 0.299. The zero-order valence-electron chi connectivity index (χ0n) is 12.3. The molecule has 4 heteroatoms. The number of hydrogen-bond acceptors (Lipinski definition) is 3. The molecule has 0 saturated carbocycles. The van der Waals surface area contributed by atoms with E-state index in [1.165, 1.54) is 0 Å². The van der Waals surface area contributed by atoms with Crippen LogP contribution in [0.3, 0.4) is 0 Å². The number of nitrogens with one attached hydrogen (secondary N) is 1. The first-order valence-corrected chi connectivity index (χ1v) is 7.23. The van der Waals surface area contributed by atoms with Gasteiger partial charge in [-0.25, -0.2) is 0 Å². The second-order valence-electron chi connectivity index (χ2n) is 5.28. The van der Waals surface area contributed by atoms with Gasteiger partial charge in [-0.15, -0.1) is 0 Å². The molecule has 0 aliphatic heterocycles. The van der Waals surface area contributed by atoms with Gasteiger partial charge in [0, 0.05) is 41.4 Å². The zero-order chi connectivity index (χ0) is 14.4. The van der Waals surface area contributed by atoms with Crippen LogP contribution in [0.5, 0.6) is 0 Å². The molecule has 2 N–H and O–H groups in total. The molecule has 0 spiro atoms. The van der Waals surface area contributed by atoms with Gasteiger partial charge in [0.25, 0.3) is 0 Å². The summed E-state index contributed by atoms with van der Waals surface area (Å²) in [6.45, 7) is 9.97. The van der Waals surface area contributed by atoms with Crippen molar-refractivity contribution in [1.82, 2.24) is 5.32 Å². The van der Waals surface area contributed by atoms with Crippen molar-refractivity contribution in [2.24, 2.45) is 0 Å². The van der Waals surface area contributed by atoms with Crippen LogP contribution in [0.1, 0.15) is 33.3 Å². The molecular formula is C15H25ClN2O. The van der Waals surface area contributed by atoms with E-state index in [0.717, 1.165) is 22.8 Å². The highest BCUT2D eigenvalue weighted by molar-refractivity contribution is 6.31. The van der Waals surface area contributed by atoms with Crippen molar-refractivity contribution in [3.8, 4) is 0 Å². The number of nitrogens with zero attached hydrogens (tertiary/aromatic N) is 1. The molecule has 0 radical (unpaired) electrons. The normalized spacial score (nSPS) is 11.4.